The van der Waals surface area contributed by atoms with E-state index >= 15 is 0 Å². The van der Waals surface area contributed by atoms with Gasteiger partial charge in [-0.1, -0.05) is 54.6 Å². The molecule has 0 spiro atoms. The molecule has 0 aliphatic carbocycles. The van der Waals surface area contributed by atoms with Crippen molar-refractivity contribution < 1.29 is 14.6 Å². The normalized spacial score (nSPS) is 12.1. The van der Waals surface area contributed by atoms with Crippen LogP contribution in [0.15, 0.2) is 77.8 Å². The number of nitrogens with one attached hydrogen (secondary N) is 1. The number of fused-ring (bicyclic) bond motifs is 1. The predicted octanol–water partition coefficient (Wildman–Crippen LogP) is 6.72. The Kier molecular flexibility index (Phi) is 6.65. The molecule has 0 saturated heterocycles. The van der Waals surface area contributed by atoms with Gasteiger partial charge in [-0.15, -0.1) is 0 Å². The second-order valence-electron chi connectivity index (χ2n) is 9.73. The number of aromatic amines is 1. The monoisotopic (exact) mass is 469 g/mol. The van der Waals surface area contributed by atoms with Crippen LogP contribution in [0.3, 0.4) is 0 Å². The van der Waals surface area contributed by atoms with Crippen LogP contribution >= 0.6 is 0 Å². The van der Waals surface area contributed by atoms with Gasteiger partial charge in [-0.05, 0) is 57.0 Å². The van der Waals surface area contributed by atoms with Gasteiger partial charge in [0.05, 0.1) is 17.0 Å². The molecular formula is C29H31N3O3. The van der Waals surface area contributed by atoms with Crippen LogP contribution in [-0.4, -0.2) is 39.4 Å². The number of hydrogen-bond donors (Lipinski definition) is 2. The Balaban J connectivity index is 1.67. The minimum atomic E-state index is -0.537. The van der Waals surface area contributed by atoms with E-state index in [1.54, 1.807) is 11.9 Å². The number of nitrogens with zero attached hydrogens (tertiary/aromatic N) is 2. The van der Waals surface area contributed by atoms with Crippen LogP contribution in [0.5, 0.6) is 5.88 Å². The summed E-state index contributed by atoms with van der Waals surface area (Å²) in [7, 11) is 1.72. The quantitative estimate of drug-likeness (QED) is 0.319. The Morgan fingerprint density at radius 3 is 2.37 bits per heavy atom. The molecule has 6 nitrogen and oxygen atoms in total. The van der Waals surface area contributed by atoms with Crippen molar-refractivity contribution in [2.45, 2.75) is 39.8 Å². The van der Waals surface area contributed by atoms with Crippen molar-refractivity contribution in [2.75, 3.05) is 7.05 Å². The zero-order chi connectivity index (χ0) is 25.2. The minimum absolute atomic E-state index is 0.0869. The predicted molar refractivity (Wildman–Crippen MR) is 141 cm³/mol. The van der Waals surface area contributed by atoms with Crippen LogP contribution in [0, 0.1) is 6.92 Å². The maximum atomic E-state index is 12.3. The number of ether oxygens (including phenoxy) is 1. The zero-order valence-corrected chi connectivity index (χ0v) is 20.8. The molecule has 0 bridgehead atoms. The lowest BCUT2D eigenvalue weighted by molar-refractivity contribution is 0.0285. The third kappa shape index (κ3) is 5.72. The van der Waals surface area contributed by atoms with Crippen molar-refractivity contribution in [3.8, 4) is 5.88 Å². The van der Waals surface area contributed by atoms with Gasteiger partial charge in [0, 0.05) is 30.1 Å². The van der Waals surface area contributed by atoms with Crippen molar-refractivity contribution in [3.63, 3.8) is 0 Å². The molecule has 35 heavy (non-hydrogen) atoms. The highest BCUT2D eigenvalue weighted by Crippen LogP contribution is 2.32. The lowest BCUT2D eigenvalue weighted by Crippen LogP contribution is -2.33. The molecular weight excluding hydrogens is 438 g/mol. The number of carbonyl (C=O) groups excluding carboxylic acids is 1. The number of hydrogen-bond acceptors (Lipinski definition) is 4. The Labute approximate surface area is 205 Å². The number of amides is 1. The van der Waals surface area contributed by atoms with Gasteiger partial charge in [0.1, 0.15) is 5.60 Å². The Hall–Kier alpha value is -4.06. The van der Waals surface area contributed by atoms with E-state index in [1.807, 2.05) is 100 Å². The van der Waals surface area contributed by atoms with Crippen molar-refractivity contribution in [1.29, 1.82) is 0 Å². The van der Waals surface area contributed by atoms with Gasteiger partial charge in [-0.2, -0.15) is 0 Å². The summed E-state index contributed by atoms with van der Waals surface area (Å²) in [5.41, 5.74) is 5.38. The van der Waals surface area contributed by atoms with Crippen molar-refractivity contribution in [2.24, 2.45) is 4.99 Å². The highest BCUT2D eigenvalue weighted by molar-refractivity contribution is 6.21. The topological polar surface area (TPSA) is 77.9 Å². The van der Waals surface area contributed by atoms with Crippen molar-refractivity contribution in [3.05, 3.63) is 95.1 Å². The summed E-state index contributed by atoms with van der Waals surface area (Å²) in [4.78, 5) is 21.9. The molecule has 1 heterocycles. The first kappa shape index (κ1) is 24.1. The first-order chi connectivity index (χ1) is 16.6. The third-order valence-corrected chi connectivity index (χ3v) is 5.52. The Morgan fingerprint density at radius 2 is 1.71 bits per heavy atom. The molecule has 1 aromatic heterocycles. The van der Waals surface area contributed by atoms with Crippen molar-refractivity contribution in [1.82, 2.24) is 9.88 Å². The average Bonchev–Trinajstić information content (AvgIpc) is 3.12. The number of rotatable bonds is 5. The molecule has 0 atom stereocenters. The van der Waals surface area contributed by atoms with Crippen LogP contribution in [0.1, 0.15) is 43.0 Å². The van der Waals surface area contributed by atoms with Gasteiger partial charge < -0.3 is 19.7 Å². The highest BCUT2D eigenvalue weighted by atomic mass is 16.6. The molecule has 0 saturated carbocycles. The van der Waals surface area contributed by atoms with Gasteiger partial charge in [0.2, 0.25) is 0 Å². The van der Waals surface area contributed by atoms with Gasteiger partial charge in [-0.3, -0.25) is 0 Å². The molecule has 0 unspecified atom stereocenters. The fourth-order valence-electron chi connectivity index (χ4n) is 3.88. The lowest BCUT2D eigenvalue weighted by atomic mass is 10.00. The maximum Gasteiger partial charge on any atom is 0.410 e. The molecule has 4 rings (SSSR count). The van der Waals surface area contributed by atoms with Crippen LogP contribution in [0.25, 0.3) is 10.9 Å². The van der Waals surface area contributed by atoms with E-state index in [0.717, 1.165) is 33.3 Å². The van der Waals surface area contributed by atoms with E-state index in [4.69, 9.17) is 9.73 Å². The molecule has 0 aliphatic rings. The number of aromatic nitrogens is 1. The SMILES string of the molecule is Cc1ccc2c(C(=Nc3ccc(CN(C)C(=O)OC(C)(C)C)cc3)c3ccccc3)c(O)[nH]c2c1. The average molecular weight is 470 g/mol. The number of benzene rings is 3. The summed E-state index contributed by atoms with van der Waals surface area (Å²) in [5.74, 6) is 0.0869. The van der Waals surface area contributed by atoms with E-state index < -0.39 is 5.60 Å². The van der Waals surface area contributed by atoms with Crippen molar-refractivity contribution >= 4 is 28.4 Å². The fraction of sp³-hybridized carbons (Fsp3) is 0.241. The van der Waals surface area contributed by atoms with Gasteiger partial charge in [-0.25, -0.2) is 9.79 Å². The summed E-state index contributed by atoms with van der Waals surface area (Å²) in [6.45, 7) is 7.99. The second kappa shape index (κ2) is 9.66. The van der Waals surface area contributed by atoms with Gasteiger partial charge in [0.15, 0.2) is 5.88 Å². The zero-order valence-electron chi connectivity index (χ0n) is 20.8. The largest absolute Gasteiger partial charge is 0.494 e. The van der Waals surface area contributed by atoms with Gasteiger partial charge in [0.25, 0.3) is 0 Å². The second-order valence-corrected chi connectivity index (χ2v) is 9.73. The molecule has 0 radical (unpaired) electrons. The van der Waals surface area contributed by atoms with Gasteiger partial charge >= 0.3 is 6.09 Å². The summed E-state index contributed by atoms with van der Waals surface area (Å²) in [5, 5.41) is 11.7. The third-order valence-electron chi connectivity index (χ3n) is 5.52. The number of aromatic hydroxyl groups is 1. The molecule has 3 aromatic carbocycles. The van der Waals surface area contributed by atoms with E-state index in [0.29, 0.717) is 17.8 Å². The van der Waals surface area contributed by atoms with Crippen LogP contribution in [0.4, 0.5) is 10.5 Å². The van der Waals surface area contributed by atoms with E-state index in [9.17, 15) is 9.90 Å². The standard InChI is InChI=1S/C29H31N3O3/c1-19-11-16-23-24(17-19)31-27(33)25(23)26(21-9-7-6-8-10-21)30-22-14-12-20(13-15-22)18-32(5)28(34)35-29(2,3)4/h6-17,31,33H,18H2,1-5H3. The number of carbonyl (C=O) groups is 1. The first-order valence-electron chi connectivity index (χ1n) is 11.6. The molecule has 0 fully saturated rings. The summed E-state index contributed by atoms with van der Waals surface area (Å²) < 4.78 is 5.43. The fourth-order valence-corrected chi connectivity index (χ4v) is 3.88. The van der Waals surface area contributed by atoms with Crippen LogP contribution in [0.2, 0.25) is 0 Å². The van der Waals surface area contributed by atoms with Crippen LogP contribution < -0.4 is 0 Å². The molecule has 180 valence electrons. The molecule has 4 aromatic rings. The molecule has 1 amide bonds. The molecule has 2 N–H and O–H groups in total. The van der Waals surface area contributed by atoms with E-state index in [1.165, 1.54) is 0 Å². The summed E-state index contributed by atoms with van der Waals surface area (Å²) in [6.07, 6.45) is -0.365. The Bertz CT molecular complexity index is 1360. The smallest absolute Gasteiger partial charge is 0.410 e. The minimum Gasteiger partial charge on any atom is -0.494 e. The van der Waals surface area contributed by atoms with E-state index in [2.05, 4.69) is 4.98 Å². The summed E-state index contributed by atoms with van der Waals surface area (Å²) in [6, 6.07) is 23.6. The number of aliphatic imine (C=N–C) groups is 1. The molecule has 0 aliphatic heterocycles. The molecule has 6 heteroatoms. The van der Waals surface area contributed by atoms with Crippen LogP contribution in [-0.2, 0) is 11.3 Å². The van der Waals surface area contributed by atoms with E-state index in [-0.39, 0.29) is 12.0 Å². The number of H-pyrrole nitrogens is 1. The number of aryl methyl sites for hydroxylation is 1. The summed E-state index contributed by atoms with van der Waals surface area (Å²) >= 11 is 0. The Morgan fingerprint density at radius 1 is 1.03 bits per heavy atom. The lowest BCUT2D eigenvalue weighted by Gasteiger charge is -2.24. The maximum absolute atomic E-state index is 12.3. The first-order valence-corrected chi connectivity index (χ1v) is 11.6. The highest BCUT2D eigenvalue weighted by Gasteiger charge is 2.20.